The van der Waals surface area contributed by atoms with Crippen molar-refractivity contribution < 1.29 is 19.8 Å². The second-order valence-electron chi connectivity index (χ2n) is 4.38. The normalized spacial score (nSPS) is 12.1. The number of pyridine rings is 1. The summed E-state index contributed by atoms with van der Waals surface area (Å²) in [5, 5.41) is 21.7. The summed E-state index contributed by atoms with van der Waals surface area (Å²) in [6, 6.07) is 5.79. The lowest BCUT2D eigenvalue weighted by atomic mass is 10.1. The third kappa shape index (κ3) is 3.29. The lowest BCUT2D eigenvalue weighted by Gasteiger charge is -2.14. The van der Waals surface area contributed by atoms with Crippen LogP contribution < -0.4 is 5.32 Å². The van der Waals surface area contributed by atoms with Gasteiger partial charge in [-0.3, -0.25) is 4.79 Å². The molecule has 0 aliphatic heterocycles. The van der Waals surface area contributed by atoms with Gasteiger partial charge in [0.15, 0.2) is 0 Å². The van der Waals surface area contributed by atoms with Gasteiger partial charge in [-0.05, 0) is 5.39 Å². The minimum atomic E-state index is -1.20. The number of amides is 1. The molecule has 0 saturated carbocycles. The molecule has 0 aliphatic carbocycles. The summed E-state index contributed by atoms with van der Waals surface area (Å²) >= 11 is 5.97. The summed E-state index contributed by atoms with van der Waals surface area (Å²) in [6.07, 6.45) is 1.23. The van der Waals surface area contributed by atoms with Crippen molar-refractivity contribution in [1.29, 1.82) is 0 Å². The van der Waals surface area contributed by atoms with E-state index in [4.69, 9.17) is 21.8 Å². The molecule has 7 heteroatoms. The number of benzene rings is 1. The van der Waals surface area contributed by atoms with Gasteiger partial charge in [-0.15, -0.1) is 0 Å². The van der Waals surface area contributed by atoms with E-state index in [0.717, 1.165) is 0 Å². The maximum Gasteiger partial charge on any atom is 0.326 e. The Hall–Kier alpha value is -2.18. The molecule has 6 nitrogen and oxygen atoms in total. The number of aliphatic hydroxyl groups is 1. The highest BCUT2D eigenvalue weighted by atomic mass is 35.5. The van der Waals surface area contributed by atoms with E-state index in [1.165, 1.54) is 6.20 Å². The van der Waals surface area contributed by atoms with E-state index in [-0.39, 0.29) is 23.7 Å². The second-order valence-corrected chi connectivity index (χ2v) is 4.74. The molecule has 21 heavy (non-hydrogen) atoms. The van der Waals surface area contributed by atoms with Gasteiger partial charge in [-0.2, -0.15) is 0 Å². The van der Waals surface area contributed by atoms with Crippen LogP contribution in [0.1, 0.15) is 16.8 Å². The molecule has 1 aromatic carbocycles. The third-order valence-corrected chi connectivity index (χ3v) is 3.31. The van der Waals surface area contributed by atoms with Gasteiger partial charge in [-0.1, -0.05) is 35.9 Å². The summed E-state index contributed by atoms with van der Waals surface area (Å²) in [6.45, 7) is -0.336. The number of carboxylic acid groups (broad SMARTS) is 1. The summed E-state index contributed by atoms with van der Waals surface area (Å²) in [5.41, 5.74) is 0.235. The van der Waals surface area contributed by atoms with E-state index < -0.39 is 17.9 Å². The fraction of sp³-hybridized carbons (Fsp3) is 0.214. The number of hydrogen-bond donors (Lipinski definition) is 3. The van der Waals surface area contributed by atoms with Crippen molar-refractivity contribution in [3.05, 3.63) is 41.2 Å². The number of rotatable bonds is 5. The lowest BCUT2D eigenvalue weighted by molar-refractivity contribution is -0.139. The smallest absolute Gasteiger partial charge is 0.326 e. The van der Waals surface area contributed by atoms with Crippen molar-refractivity contribution in [2.45, 2.75) is 12.5 Å². The van der Waals surface area contributed by atoms with Crippen LogP contribution >= 0.6 is 11.6 Å². The first-order valence-electron chi connectivity index (χ1n) is 6.22. The van der Waals surface area contributed by atoms with E-state index in [1.807, 2.05) is 0 Å². The van der Waals surface area contributed by atoms with Crippen molar-refractivity contribution in [2.75, 3.05) is 6.61 Å². The molecule has 110 valence electrons. The van der Waals surface area contributed by atoms with Crippen LogP contribution in [0.3, 0.4) is 0 Å². The van der Waals surface area contributed by atoms with Gasteiger partial charge in [0, 0.05) is 24.6 Å². The molecule has 3 N–H and O–H groups in total. The Morgan fingerprint density at radius 1 is 1.29 bits per heavy atom. The summed E-state index contributed by atoms with van der Waals surface area (Å²) < 4.78 is 0. The van der Waals surface area contributed by atoms with Crippen LogP contribution in [0.2, 0.25) is 5.15 Å². The number of aliphatic hydroxyl groups excluding tert-OH is 1. The number of hydrogen-bond acceptors (Lipinski definition) is 4. The molecule has 0 saturated heterocycles. The van der Waals surface area contributed by atoms with Gasteiger partial charge in [0.25, 0.3) is 5.91 Å². The highest BCUT2D eigenvalue weighted by Gasteiger charge is 2.21. The van der Waals surface area contributed by atoms with Crippen molar-refractivity contribution in [3.8, 4) is 0 Å². The van der Waals surface area contributed by atoms with E-state index in [2.05, 4.69) is 10.3 Å². The number of fused-ring (bicyclic) bond motifs is 1. The van der Waals surface area contributed by atoms with Crippen LogP contribution in [-0.4, -0.2) is 39.7 Å². The number of aliphatic carboxylic acids is 1. The zero-order chi connectivity index (χ0) is 15.4. The largest absolute Gasteiger partial charge is 0.480 e. The standard InChI is InChI=1S/C14H13ClN2O4/c15-12-9-4-2-1-3-8(9)10(7-16-12)13(19)17-11(5-6-18)14(20)21/h1-4,7,11,18H,5-6H2,(H,17,19)(H,20,21)/t11-/m0/s1. The molecule has 0 spiro atoms. The first-order chi connectivity index (χ1) is 10.0. The number of nitrogens with zero attached hydrogens (tertiary/aromatic N) is 1. The topological polar surface area (TPSA) is 99.5 Å². The molecular formula is C14H13ClN2O4. The molecule has 0 aliphatic rings. The Labute approximate surface area is 125 Å². The summed E-state index contributed by atoms with van der Waals surface area (Å²) in [5.74, 6) is -1.78. The number of aromatic nitrogens is 1. The van der Waals surface area contributed by atoms with Crippen LogP contribution in [0.4, 0.5) is 0 Å². The molecule has 1 aromatic heterocycles. The molecule has 0 unspecified atom stereocenters. The third-order valence-electron chi connectivity index (χ3n) is 3.01. The average molecular weight is 309 g/mol. The number of halogens is 1. The summed E-state index contributed by atoms with van der Waals surface area (Å²) in [7, 11) is 0. The molecule has 2 rings (SSSR count). The molecule has 0 bridgehead atoms. The number of carbonyl (C=O) groups excluding carboxylic acids is 1. The zero-order valence-corrected chi connectivity index (χ0v) is 11.7. The molecular weight excluding hydrogens is 296 g/mol. The average Bonchev–Trinajstić information content (AvgIpc) is 2.47. The molecule has 2 aromatic rings. The Kier molecular flexibility index (Phi) is 4.72. The fourth-order valence-corrected chi connectivity index (χ4v) is 2.18. The van der Waals surface area contributed by atoms with Crippen molar-refractivity contribution in [1.82, 2.24) is 10.3 Å². The second kappa shape index (κ2) is 6.51. The molecule has 0 radical (unpaired) electrons. The van der Waals surface area contributed by atoms with Gasteiger partial charge in [0.2, 0.25) is 0 Å². The van der Waals surface area contributed by atoms with Gasteiger partial charge < -0.3 is 15.5 Å². The van der Waals surface area contributed by atoms with Crippen molar-refractivity contribution in [3.63, 3.8) is 0 Å². The Morgan fingerprint density at radius 3 is 2.57 bits per heavy atom. The first-order valence-corrected chi connectivity index (χ1v) is 6.60. The van der Waals surface area contributed by atoms with Gasteiger partial charge in [0.1, 0.15) is 11.2 Å². The lowest BCUT2D eigenvalue weighted by Crippen LogP contribution is -2.41. The number of nitrogens with one attached hydrogen (secondary N) is 1. The SMILES string of the molecule is O=C(N[C@@H](CCO)C(=O)O)c1cnc(Cl)c2ccccc12. The molecule has 1 atom stereocenters. The molecule has 1 heterocycles. The predicted molar refractivity (Wildman–Crippen MR) is 77.3 cm³/mol. The highest BCUT2D eigenvalue weighted by Crippen LogP contribution is 2.24. The Balaban J connectivity index is 2.36. The minimum Gasteiger partial charge on any atom is -0.480 e. The van der Waals surface area contributed by atoms with E-state index in [0.29, 0.717) is 10.8 Å². The van der Waals surface area contributed by atoms with Gasteiger partial charge in [0.05, 0.1) is 5.56 Å². The number of carbonyl (C=O) groups is 2. The van der Waals surface area contributed by atoms with Gasteiger partial charge >= 0.3 is 5.97 Å². The Bertz CT molecular complexity index is 690. The Morgan fingerprint density at radius 2 is 1.95 bits per heavy atom. The minimum absolute atomic E-state index is 0.0694. The molecule has 0 fully saturated rings. The van der Waals surface area contributed by atoms with Crippen LogP contribution in [0.5, 0.6) is 0 Å². The quantitative estimate of drug-likeness (QED) is 0.726. The maximum atomic E-state index is 12.2. The van der Waals surface area contributed by atoms with Crippen LogP contribution in [-0.2, 0) is 4.79 Å². The highest BCUT2D eigenvalue weighted by molar-refractivity contribution is 6.34. The zero-order valence-electron chi connectivity index (χ0n) is 10.9. The first kappa shape index (κ1) is 15.2. The van der Waals surface area contributed by atoms with Crippen LogP contribution in [0.25, 0.3) is 10.8 Å². The fourth-order valence-electron chi connectivity index (χ4n) is 1.96. The van der Waals surface area contributed by atoms with Crippen molar-refractivity contribution >= 4 is 34.2 Å². The van der Waals surface area contributed by atoms with E-state index >= 15 is 0 Å². The van der Waals surface area contributed by atoms with E-state index in [9.17, 15) is 9.59 Å². The molecule has 1 amide bonds. The van der Waals surface area contributed by atoms with Gasteiger partial charge in [-0.25, -0.2) is 9.78 Å². The predicted octanol–water partition coefficient (Wildman–Crippen LogP) is 1.45. The van der Waals surface area contributed by atoms with E-state index in [1.54, 1.807) is 24.3 Å². The van der Waals surface area contributed by atoms with Crippen molar-refractivity contribution in [2.24, 2.45) is 0 Å². The maximum absolute atomic E-state index is 12.2. The van der Waals surface area contributed by atoms with Crippen LogP contribution in [0.15, 0.2) is 30.5 Å². The monoisotopic (exact) mass is 308 g/mol. The number of carboxylic acids is 1. The summed E-state index contributed by atoms with van der Waals surface area (Å²) in [4.78, 5) is 27.2. The van der Waals surface area contributed by atoms with Crippen LogP contribution in [0, 0.1) is 0 Å².